The maximum absolute atomic E-state index is 4.75. The first-order chi connectivity index (χ1) is 7.16. The van der Waals surface area contributed by atoms with E-state index in [1.807, 2.05) is 0 Å². The van der Waals surface area contributed by atoms with E-state index in [0.29, 0.717) is 6.61 Å². The summed E-state index contributed by atoms with van der Waals surface area (Å²) in [7, 11) is 3.34. The zero-order valence-corrected chi connectivity index (χ0v) is 9.84. The Hall–Kier alpha value is -1.08. The maximum atomic E-state index is 4.75. The summed E-state index contributed by atoms with van der Waals surface area (Å²) in [4.78, 5) is 0. The molecule has 1 aromatic rings. The van der Waals surface area contributed by atoms with Crippen LogP contribution in [0.5, 0.6) is 0 Å². The summed E-state index contributed by atoms with van der Waals surface area (Å²) in [5.41, 5.74) is 5.39. The highest BCUT2D eigenvalue weighted by atomic mass is 16.5. The van der Waals surface area contributed by atoms with Gasteiger partial charge in [-0.3, -0.25) is 0 Å². The van der Waals surface area contributed by atoms with Crippen LogP contribution < -0.4 is 0 Å². The van der Waals surface area contributed by atoms with Crippen LogP contribution in [0.15, 0.2) is 18.2 Å². The number of hydrogen-bond acceptors (Lipinski definition) is 1. The van der Waals surface area contributed by atoms with Crippen molar-refractivity contribution >= 4 is 6.08 Å². The molecule has 1 rings (SSSR count). The molecule has 0 heterocycles. The molecule has 0 bridgehead atoms. The molecule has 0 unspecified atom stereocenters. The lowest BCUT2D eigenvalue weighted by atomic mass is 9.98. The largest absolute Gasteiger partial charge is 0.379 e. The van der Waals surface area contributed by atoms with Crippen molar-refractivity contribution in [3.63, 3.8) is 0 Å². The molecule has 1 nitrogen and oxygen atoms in total. The Labute approximate surface area is 92.8 Å². The summed E-state index contributed by atoms with van der Waals surface area (Å²) in [6.45, 7) is 7.16. The Morgan fingerprint density at radius 3 is 2.60 bits per heavy atom. The highest BCUT2D eigenvalue weighted by molar-refractivity contribution is 5.56. The van der Waals surface area contributed by atoms with Crippen LogP contribution in [-0.4, -0.2) is 6.61 Å². The van der Waals surface area contributed by atoms with Gasteiger partial charge in [0, 0.05) is 0 Å². The van der Waals surface area contributed by atoms with Gasteiger partial charge >= 0.3 is 0 Å². The molecule has 15 heavy (non-hydrogen) atoms. The van der Waals surface area contributed by atoms with E-state index in [2.05, 4.69) is 52.2 Å². The molecular weight excluding hydrogens is 184 g/mol. The van der Waals surface area contributed by atoms with Crippen LogP contribution in [0.3, 0.4) is 0 Å². The predicted molar refractivity (Wildman–Crippen MR) is 65.6 cm³/mol. The molecule has 0 aliphatic rings. The molecule has 0 aromatic heterocycles. The molecule has 0 N–H and O–H groups in total. The minimum atomic E-state index is 0.681. The van der Waals surface area contributed by atoms with Crippen molar-refractivity contribution in [3.8, 4) is 0 Å². The smallest absolute Gasteiger partial charge is 0.0700 e. The number of hydrogen-bond donors (Lipinski definition) is 0. The first-order valence-electron chi connectivity index (χ1n) is 5.27. The third-order valence-electron chi connectivity index (χ3n) is 2.83. The second-order valence-electron chi connectivity index (χ2n) is 3.82. The molecule has 0 saturated carbocycles. The molecule has 0 spiro atoms. The Morgan fingerprint density at radius 1 is 1.20 bits per heavy atom. The van der Waals surface area contributed by atoms with Crippen molar-refractivity contribution in [3.05, 3.63) is 47.6 Å². The van der Waals surface area contributed by atoms with Gasteiger partial charge in [0.05, 0.1) is 13.7 Å². The van der Waals surface area contributed by atoms with E-state index in [-0.39, 0.29) is 0 Å². The highest BCUT2D eigenvalue weighted by Gasteiger charge is 2.00. The Balaban J connectivity index is 2.78. The van der Waals surface area contributed by atoms with Crippen LogP contribution in [0.4, 0.5) is 0 Å². The van der Waals surface area contributed by atoms with Gasteiger partial charge in [0.15, 0.2) is 0 Å². The van der Waals surface area contributed by atoms with Crippen LogP contribution >= 0.6 is 0 Å². The lowest BCUT2D eigenvalue weighted by molar-refractivity contribution is 0.249. The predicted octanol–water partition coefficient (Wildman–Crippen LogP) is 3.82. The Morgan fingerprint density at radius 2 is 1.93 bits per heavy atom. The monoisotopic (exact) mass is 203 g/mol. The average Bonchev–Trinajstić information content (AvgIpc) is 2.24. The highest BCUT2D eigenvalue weighted by Crippen LogP contribution is 2.18. The topological polar surface area (TPSA) is 9.23 Å². The molecule has 1 heteroatoms. The minimum absolute atomic E-state index is 0.681. The van der Waals surface area contributed by atoms with Crippen molar-refractivity contribution < 1.29 is 4.74 Å². The number of ether oxygens (including phenoxy) is 1. The zero-order chi connectivity index (χ0) is 11.3. The third-order valence-corrected chi connectivity index (χ3v) is 2.83. The van der Waals surface area contributed by atoms with Gasteiger partial charge in [0.25, 0.3) is 0 Å². The Kier molecular flexibility index (Phi) is 4.57. The molecular formula is C14H19O. The van der Waals surface area contributed by atoms with Crippen molar-refractivity contribution in [2.24, 2.45) is 0 Å². The number of benzene rings is 1. The molecule has 1 radical (unpaired) electrons. The second kappa shape index (κ2) is 5.72. The van der Waals surface area contributed by atoms with Crippen LogP contribution in [0.25, 0.3) is 6.08 Å². The lowest BCUT2D eigenvalue weighted by Crippen LogP contribution is -1.89. The van der Waals surface area contributed by atoms with Gasteiger partial charge < -0.3 is 4.74 Å². The SMILES string of the molecule is [CH2]OCC/C=C/c1ccc(C)c(C)c1C. The van der Waals surface area contributed by atoms with Crippen LogP contribution in [0.2, 0.25) is 0 Å². The zero-order valence-electron chi connectivity index (χ0n) is 9.84. The van der Waals surface area contributed by atoms with Gasteiger partial charge in [-0.15, -0.1) is 0 Å². The fourth-order valence-corrected chi connectivity index (χ4v) is 1.52. The minimum Gasteiger partial charge on any atom is -0.379 e. The third kappa shape index (κ3) is 3.21. The molecule has 0 amide bonds. The van der Waals surface area contributed by atoms with Crippen molar-refractivity contribution in [2.75, 3.05) is 6.61 Å². The van der Waals surface area contributed by atoms with E-state index in [0.717, 1.165) is 6.42 Å². The molecule has 0 aliphatic carbocycles. The maximum Gasteiger partial charge on any atom is 0.0700 e. The van der Waals surface area contributed by atoms with Crippen molar-refractivity contribution in [1.82, 2.24) is 0 Å². The summed E-state index contributed by atoms with van der Waals surface area (Å²) in [5.74, 6) is 0. The molecule has 0 fully saturated rings. The van der Waals surface area contributed by atoms with E-state index < -0.39 is 0 Å². The van der Waals surface area contributed by atoms with Crippen LogP contribution in [0.1, 0.15) is 28.7 Å². The second-order valence-corrected chi connectivity index (χ2v) is 3.82. The van der Waals surface area contributed by atoms with E-state index in [1.165, 1.54) is 22.3 Å². The van der Waals surface area contributed by atoms with Crippen molar-refractivity contribution in [1.29, 1.82) is 0 Å². The fourth-order valence-electron chi connectivity index (χ4n) is 1.52. The number of rotatable bonds is 4. The van der Waals surface area contributed by atoms with Crippen LogP contribution in [0, 0.1) is 27.9 Å². The first-order valence-corrected chi connectivity index (χ1v) is 5.27. The van der Waals surface area contributed by atoms with Crippen LogP contribution in [-0.2, 0) is 4.74 Å². The molecule has 1 aromatic carbocycles. The summed E-state index contributed by atoms with van der Waals surface area (Å²) < 4.78 is 4.75. The number of aryl methyl sites for hydroxylation is 1. The van der Waals surface area contributed by atoms with E-state index in [9.17, 15) is 0 Å². The molecule has 0 atom stereocenters. The summed E-state index contributed by atoms with van der Waals surface area (Å²) in [6.07, 6.45) is 5.19. The van der Waals surface area contributed by atoms with E-state index >= 15 is 0 Å². The van der Waals surface area contributed by atoms with Gasteiger partial charge in [-0.05, 0) is 49.4 Å². The van der Waals surface area contributed by atoms with E-state index in [4.69, 9.17) is 4.74 Å². The van der Waals surface area contributed by atoms with Gasteiger partial charge in [0.1, 0.15) is 0 Å². The summed E-state index contributed by atoms with van der Waals surface area (Å²) in [5, 5.41) is 0. The quantitative estimate of drug-likeness (QED) is 0.676. The summed E-state index contributed by atoms with van der Waals surface area (Å²) in [6, 6.07) is 4.33. The van der Waals surface area contributed by atoms with Gasteiger partial charge in [-0.2, -0.15) is 0 Å². The molecule has 81 valence electrons. The molecule has 0 saturated heterocycles. The fraction of sp³-hybridized carbons (Fsp3) is 0.357. The van der Waals surface area contributed by atoms with Gasteiger partial charge in [0.2, 0.25) is 0 Å². The average molecular weight is 203 g/mol. The lowest BCUT2D eigenvalue weighted by Gasteiger charge is -2.07. The van der Waals surface area contributed by atoms with E-state index in [1.54, 1.807) is 0 Å². The van der Waals surface area contributed by atoms with Gasteiger partial charge in [-0.1, -0.05) is 24.3 Å². The standard InChI is InChI=1S/C14H19O/c1-11-8-9-14(13(3)12(11)2)7-5-6-10-15-4/h5,7-9H,4,6,10H2,1-3H3/b7-5+. The Bertz CT molecular complexity index is 351. The summed E-state index contributed by atoms with van der Waals surface area (Å²) >= 11 is 0. The van der Waals surface area contributed by atoms with Gasteiger partial charge in [-0.25, -0.2) is 0 Å². The van der Waals surface area contributed by atoms with Crippen molar-refractivity contribution in [2.45, 2.75) is 27.2 Å². The first kappa shape index (κ1) is 12.0. The molecule has 0 aliphatic heterocycles. The normalized spacial score (nSPS) is 11.2.